The molecule has 0 aromatic rings. The summed E-state index contributed by atoms with van der Waals surface area (Å²) in [6.07, 6.45) is 0. The van der Waals surface area contributed by atoms with Crippen molar-refractivity contribution in [2.45, 2.75) is 39.8 Å². The van der Waals surface area contributed by atoms with Gasteiger partial charge in [-0.25, -0.2) is 0 Å². The fourth-order valence-electron chi connectivity index (χ4n) is 1.21. The van der Waals surface area contributed by atoms with Crippen LogP contribution in [0.25, 0.3) is 0 Å². The maximum absolute atomic E-state index is 11.5. The number of carbonyl (C=O) groups is 1. The van der Waals surface area contributed by atoms with Crippen LogP contribution in [0.4, 0.5) is 0 Å². The summed E-state index contributed by atoms with van der Waals surface area (Å²) in [5.41, 5.74) is 0. The molecule has 0 fully saturated rings. The molecule has 0 aromatic carbocycles. The first kappa shape index (κ1) is 11.7. The minimum absolute atomic E-state index is 0.0278. The fourth-order valence-corrected chi connectivity index (χ4v) is 1.41. The van der Waals surface area contributed by atoms with Crippen LogP contribution in [0.3, 0.4) is 0 Å². The van der Waals surface area contributed by atoms with Crippen molar-refractivity contribution in [2.24, 2.45) is 0 Å². The summed E-state index contributed by atoms with van der Waals surface area (Å²) in [6.45, 7) is 11.5. The lowest BCUT2D eigenvalue weighted by molar-refractivity contribution is -0.129. The highest BCUT2D eigenvalue weighted by Gasteiger charge is 2.20. The lowest BCUT2D eigenvalue weighted by Crippen LogP contribution is -2.41. The summed E-state index contributed by atoms with van der Waals surface area (Å²) in [5.74, 6) is -0.0278. The number of hydrogen-bond acceptors (Lipinski definition) is 1. The van der Waals surface area contributed by atoms with Gasteiger partial charge in [-0.05, 0) is 43.6 Å². The molecule has 0 saturated heterocycles. The summed E-state index contributed by atoms with van der Waals surface area (Å²) in [4.78, 5) is 13.3. The molecule has 0 radical (unpaired) electrons. The van der Waals surface area contributed by atoms with Gasteiger partial charge in [0, 0.05) is 12.1 Å². The first-order valence-corrected chi connectivity index (χ1v) is 4.84. The number of carbonyl (C=O) groups excluding carboxylic acids is 1. The third kappa shape index (κ3) is 2.97. The highest BCUT2D eigenvalue weighted by Crippen LogP contribution is 2.13. The lowest BCUT2D eigenvalue weighted by Gasteiger charge is -2.30. The average molecular weight is 234 g/mol. The second-order valence-electron chi connectivity index (χ2n) is 3.30. The maximum atomic E-state index is 11.5. The van der Waals surface area contributed by atoms with Gasteiger partial charge in [0.25, 0.3) is 5.91 Å². The molecule has 0 aromatic heterocycles. The molecule has 0 aliphatic carbocycles. The van der Waals surface area contributed by atoms with Crippen molar-refractivity contribution in [1.82, 2.24) is 4.90 Å². The Hall–Kier alpha value is -0.310. The van der Waals surface area contributed by atoms with E-state index in [2.05, 4.69) is 22.5 Å². The van der Waals surface area contributed by atoms with E-state index < -0.39 is 0 Å². The number of amides is 1. The molecule has 0 aliphatic rings. The van der Waals surface area contributed by atoms with E-state index in [0.717, 1.165) is 0 Å². The molecular weight excluding hydrogens is 218 g/mol. The smallest absolute Gasteiger partial charge is 0.260 e. The van der Waals surface area contributed by atoms with Crippen LogP contribution in [-0.2, 0) is 4.79 Å². The molecule has 2 nitrogen and oxygen atoms in total. The number of rotatable bonds is 3. The first-order chi connectivity index (χ1) is 5.37. The van der Waals surface area contributed by atoms with E-state index in [1.165, 1.54) is 0 Å². The first-order valence-electron chi connectivity index (χ1n) is 4.05. The van der Waals surface area contributed by atoms with Gasteiger partial charge in [0.05, 0.1) is 4.48 Å². The highest BCUT2D eigenvalue weighted by molar-refractivity contribution is 9.12. The van der Waals surface area contributed by atoms with E-state index >= 15 is 0 Å². The van der Waals surface area contributed by atoms with E-state index in [1.807, 2.05) is 27.7 Å². The Labute approximate surface area is 82.8 Å². The van der Waals surface area contributed by atoms with Crippen LogP contribution in [0, 0.1) is 0 Å². The van der Waals surface area contributed by atoms with Crippen LogP contribution >= 0.6 is 15.9 Å². The summed E-state index contributed by atoms with van der Waals surface area (Å²) in [5, 5.41) is 0. The zero-order chi connectivity index (χ0) is 9.89. The van der Waals surface area contributed by atoms with Crippen molar-refractivity contribution in [3.63, 3.8) is 0 Å². The van der Waals surface area contributed by atoms with Crippen LogP contribution in [0.1, 0.15) is 27.7 Å². The molecule has 0 unspecified atom stereocenters. The van der Waals surface area contributed by atoms with Crippen molar-refractivity contribution in [3.8, 4) is 0 Å². The van der Waals surface area contributed by atoms with Crippen molar-refractivity contribution >= 4 is 21.8 Å². The minimum atomic E-state index is -0.0278. The number of nitrogens with zero attached hydrogens (tertiary/aromatic N) is 1. The summed E-state index contributed by atoms with van der Waals surface area (Å²) in [6, 6.07) is 0.429. The number of halogens is 1. The predicted molar refractivity (Wildman–Crippen MR) is 55.2 cm³/mol. The molecule has 0 N–H and O–H groups in total. The monoisotopic (exact) mass is 233 g/mol. The highest BCUT2D eigenvalue weighted by atomic mass is 79.9. The van der Waals surface area contributed by atoms with Crippen molar-refractivity contribution < 1.29 is 4.79 Å². The molecular formula is C9H16BrNO. The van der Waals surface area contributed by atoms with E-state index in [-0.39, 0.29) is 18.0 Å². The molecule has 0 atom stereocenters. The molecule has 0 aliphatic heterocycles. The Balaban J connectivity index is 4.52. The SMILES string of the molecule is C=C(Br)C(=O)N(C(C)C)C(C)C. The maximum Gasteiger partial charge on any atom is 0.260 e. The Bertz CT molecular complexity index is 179. The normalized spacial score (nSPS) is 10.6. The molecule has 1 amide bonds. The average Bonchev–Trinajstić information content (AvgIpc) is 1.85. The van der Waals surface area contributed by atoms with Gasteiger partial charge in [-0.1, -0.05) is 6.58 Å². The van der Waals surface area contributed by atoms with E-state index in [4.69, 9.17) is 0 Å². The molecule has 0 bridgehead atoms. The molecule has 0 saturated carbocycles. The standard InChI is InChI=1S/C9H16BrNO/c1-6(2)11(7(3)4)9(12)8(5)10/h6-7H,5H2,1-4H3. The fraction of sp³-hybridized carbons (Fsp3) is 0.667. The van der Waals surface area contributed by atoms with E-state index in [9.17, 15) is 4.79 Å². The quantitative estimate of drug-likeness (QED) is 0.687. The van der Waals surface area contributed by atoms with Gasteiger partial charge in [0.1, 0.15) is 0 Å². The third-order valence-electron chi connectivity index (χ3n) is 1.58. The minimum Gasteiger partial charge on any atom is -0.333 e. The van der Waals surface area contributed by atoms with Gasteiger partial charge in [0.15, 0.2) is 0 Å². The summed E-state index contributed by atoms with van der Waals surface area (Å²) in [7, 11) is 0. The van der Waals surface area contributed by atoms with Crippen LogP contribution in [0.5, 0.6) is 0 Å². The molecule has 0 spiro atoms. The van der Waals surface area contributed by atoms with Gasteiger partial charge < -0.3 is 4.90 Å². The topological polar surface area (TPSA) is 20.3 Å². The van der Waals surface area contributed by atoms with Crippen LogP contribution in [0.15, 0.2) is 11.1 Å². The Morgan fingerprint density at radius 2 is 1.58 bits per heavy atom. The van der Waals surface area contributed by atoms with Gasteiger partial charge in [0.2, 0.25) is 0 Å². The predicted octanol–water partition coefficient (Wildman–Crippen LogP) is 2.54. The zero-order valence-corrected chi connectivity index (χ0v) is 9.68. The molecule has 0 rings (SSSR count). The second kappa shape index (κ2) is 4.65. The Morgan fingerprint density at radius 3 is 1.67 bits per heavy atom. The van der Waals surface area contributed by atoms with Gasteiger partial charge in [-0.3, -0.25) is 4.79 Å². The molecule has 0 heterocycles. The Morgan fingerprint density at radius 1 is 1.25 bits per heavy atom. The van der Waals surface area contributed by atoms with Crippen molar-refractivity contribution in [1.29, 1.82) is 0 Å². The summed E-state index contributed by atoms with van der Waals surface area (Å²) >= 11 is 3.09. The largest absolute Gasteiger partial charge is 0.333 e. The van der Waals surface area contributed by atoms with Crippen LogP contribution < -0.4 is 0 Å². The number of hydrogen-bond donors (Lipinski definition) is 0. The third-order valence-corrected chi connectivity index (χ3v) is 1.92. The molecule has 12 heavy (non-hydrogen) atoms. The van der Waals surface area contributed by atoms with Gasteiger partial charge in [-0.2, -0.15) is 0 Å². The van der Waals surface area contributed by atoms with Crippen molar-refractivity contribution in [3.05, 3.63) is 11.1 Å². The zero-order valence-electron chi connectivity index (χ0n) is 8.10. The lowest BCUT2D eigenvalue weighted by atomic mass is 10.2. The second-order valence-corrected chi connectivity index (χ2v) is 4.26. The Kier molecular flexibility index (Phi) is 4.53. The van der Waals surface area contributed by atoms with Gasteiger partial charge in [-0.15, -0.1) is 0 Å². The summed E-state index contributed by atoms with van der Waals surface area (Å²) < 4.78 is 0.421. The van der Waals surface area contributed by atoms with Crippen LogP contribution in [0.2, 0.25) is 0 Å². The molecule has 70 valence electrons. The van der Waals surface area contributed by atoms with E-state index in [1.54, 1.807) is 4.90 Å². The molecule has 3 heteroatoms. The van der Waals surface area contributed by atoms with Crippen LogP contribution in [-0.4, -0.2) is 22.9 Å². The van der Waals surface area contributed by atoms with Crippen molar-refractivity contribution in [2.75, 3.05) is 0 Å². The van der Waals surface area contributed by atoms with Gasteiger partial charge >= 0.3 is 0 Å². The van der Waals surface area contributed by atoms with E-state index in [0.29, 0.717) is 4.48 Å².